The second-order valence-corrected chi connectivity index (χ2v) is 8.07. The van der Waals surface area contributed by atoms with Gasteiger partial charge in [-0.1, -0.05) is 28.8 Å². The molecular formula is C22H23BrFN5O3. The Morgan fingerprint density at radius 3 is 2.62 bits per heavy atom. The third-order valence-corrected chi connectivity index (χ3v) is 5.32. The van der Waals surface area contributed by atoms with Gasteiger partial charge in [-0.2, -0.15) is 0 Å². The number of aromatic nitrogens is 2. The third kappa shape index (κ3) is 6.44. The zero-order valence-corrected chi connectivity index (χ0v) is 18.8. The lowest BCUT2D eigenvalue weighted by Gasteiger charge is -2.10. The number of benzene rings is 2. The maximum atomic E-state index is 14.2. The normalized spacial score (nSPS) is 10.7. The van der Waals surface area contributed by atoms with Crippen molar-refractivity contribution < 1.29 is 19.2 Å². The topological polar surface area (TPSA) is 116 Å². The van der Waals surface area contributed by atoms with E-state index in [0.29, 0.717) is 39.7 Å². The zero-order chi connectivity index (χ0) is 22.9. The van der Waals surface area contributed by atoms with Crippen molar-refractivity contribution in [2.24, 2.45) is 0 Å². The average molecular weight is 504 g/mol. The van der Waals surface area contributed by atoms with Gasteiger partial charge in [-0.3, -0.25) is 14.8 Å². The summed E-state index contributed by atoms with van der Waals surface area (Å²) < 4.78 is 14.8. The van der Waals surface area contributed by atoms with Gasteiger partial charge in [0.2, 0.25) is 5.91 Å². The largest absolute Gasteiger partial charge is 0.352 e. The van der Waals surface area contributed by atoms with Crippen molar-refractivity contribution in [3.8, 4) is 0 Å². The van der Waals surface area contributed by atoms with Crippen molar-refractivity contribution >= 4 is 50.2 Å². The molecule has 3 aromatic rings. The van der Waals surface area contributed by atoms with E-state index in [0.717, 1.165) is 19.3 Å². The number of nitrogens with zero attached hydrogens (tertiary/aromatic N) is 2. The Hall–Kier alpha value is -3.11. The van der Waals surface area contributed by atoms with Gasteiger partial charge >= 0.3 is 0 Å². The van der Waals surface area contributed by atoms with Crippen molar-refractivity contribution in [1.29, 1.82) is 0 Å². The van der Waals surface area contributed by atoms with Gasteiger partial charge in [-0.25, -0.2) is 19.8 Å². The maximum Gasteiger partial charge on any atom is 0.251 e. The first-order valence-electron chi connectivity index (χ1n) is 10.2. The molecule has 8 nitrogen and oxygen atoms in total. The average Bonchev–Trinajstić information content (AvgIpc) is 2.79. The molecule has 168 valence electrons. The molecule has 2 aromatic carbocycles. The molecule has 0 saturated heterocycles. The highest BCUT2D eigenvalue weighted by Crippen LogP contribution is 2.26. The molecule has 0 aliphatic rings. The van der Waals surface area contributed by atoms with E-state index in [-0.39, 0.29) is 18.0 Å². The zero-order valence-electron chi connectivity index (χ0n) is 17.2. The van der Waals surface area contributed by atoms with E-state index in [9.17, 15) is 14.0 Å². The quantitative estimate of drug-likeness (QED) is 0.184. The number of hydrogen-bond donors (Lipinski definition) is 4. The summed E-state index contributed by atoms with van der Waals surface area (Å²) in [6.07, 6.45) is 4.82. The van der Waals surface area contributed by atoms with Crippen LogP contribution in [0.25, 0.3) is 10.9 Å². The van der Waals surface area contributed by atoms with Crippen LogP contribution in [0.15, 0.2) is 47.2 Å². The molecule has 0 spiro atoms. The summed E-state index contributed by atoms with van der Waals surface area (Å²) in [6.45, 7) is 0.516. The van der Waals surface area contributed by atoms with Crippen LogP contribution in [0.5, 0.6) is 0 Å². The fraction of sp³-hybridized carbons (Fsp3) is 0.273. The van der Waals surface area contributed by atoms with Crippen LogP contribution in [0.3, 0.4) is 0 Å². The molecule has 0 bridgehead atoms. The summed E-state index contributed by atoms with van der Waals surface area (Å²) in [7, 11) is 0. The predicted molar refractivity (Wildman–Crippen MR) is 122 cm³/mol. The number of anilines is 2. The summed E-state index contributed by atoms with van der Waals surface area (Å²) in [6, 6.07) is 9.77. The highest BCUT2D eigenvalue weighted by Gasteiger charge is 2.11. The van der Waals surface area contributed by atoms with E-state index in [4.69, 9.17) is 5.21 Å². The molecular weight excluding hydrogens is 481 g/mol. The lowest BCUT2D eigenvalue weighted by atomic mass is 10.1. The third-order valence-electron chi connectivity index (χ3n) is 4.82. The molecule has 0 aliphatic carbocycles. The molecule has 32 heavy (non-hydrogen) atoms. The minimum absolute atomic E-state index is 0.210. The monoisotopic (exact) mass is 503 g/mol. The Morgan fingerprint density at radius 2 is 1.84 bits per heavy atom. The maximum absolute atomic E-state index is 14.2. The van der Waals surface area contributed by atoms with Gasteiger partial charge in [0, 0.05) is 28.4 Å². The molecule has 0 aliphatic heterocycles. The van der Waals surface area contributed by atoms with Crippen molar-refractivity contribution in [2.75, 3.05) is 11.9 Å². The number of rotatable bonds is 10. The summed E-state index contributed by atoms with van der Waals surface area (Å²) in [5.74, 6) is -0.575. The van der Waals surface area contributed by atoms with Crippen LogP contribution in [0, 0.1) is 5.82 Å². The number of carbonyl (C=O) groups is 2. The first-order valence-corrected chi connectivity index (χ1v) is 10.9. The van der Waals surface area contributed by atoms with Crippen molar-refractivity contribution in [1.82, 2.24) is 20.8 Å². The minimum Gasteiger partial charge on any atom is -0.352 e. The number of nitrogens with one attached hydrogen (secondary N) is 3. The molecule has 0 unspecified atom stereocenters. The Labute approximate surface area is 192 Å². The van der Waals surface area contributed by atoms with E-state index in [1.807, 2.05) is 0 Å². The Morgan fingerprint density at radius 1 is 1.03 bits per heavy atom. The number of hydroxylamine groups is 1. The van der Waals surface area contributed by atoms with Crippen LogP contribution in [0.4, 0.5) is 15.9 Å². The highest BCUT2D eigenvalue weighted by atomic mass is 79.9. The van der Waals surface area contributed by atoms with Crippen molar-refractivity contribution in [3.63, 3.8) is 0 Å². The van der Waals surface area contributed by atoms with Gasteiger partial charge in [0.1, 0.15) is 18.0 Å². The summed E-state index contributed by atoms with van der Waals surface area (Å²) in [5, 5.41) is 14.9. The summed E-state index contributed by atoms with van der Waals surface area (Å²) in [4.78, 5) is 31.8. The molecule has 0 radical (unpaired) electrons. The molecule has 1 heterocycles. The number of halogens is 2. The first-order chi connectivity index (χ1) is 15.5. The fourth-order valence-electron chi connectivity index (χ4n) is 3.14. The molecule has 0 fully saturated rings. The summed E-state index contributed by atoms with van der Waals surface area (Å²) >= 11 is 3.23. The molecule has 4 N–H and O–H groups in total. The standard InChI is InChI=1S/C22H23BrFN5O3/c23-15-7-9-18(17(24)12-15)28-21-16-8-6-14(11-19(16)26-13-27-21)22(31)25-10-4-2-1-3-5-20(30)29-32/h6-9,11-13,32H,1-5,10H2,(H,25,31)(H,29,30)(H,26,27,28). The van der Waals surface area contributed by atoms with Gasteiger partial charge in [-0.15, -0.1) is 0 Å². The van der Waals surface area contributed by atoms with Gasteiger partial charge in [0.25, 0.3) is 5.91 Å². The number of hydrogen-bond acceptors (Lipinski definition) is 6. The lowest BCUT2D eigenvalue weighted by Crippen LogP contribution is -2.24. The minimum atomic E-state index is -0.418. The second-order valence-electron chi connectivity index (χ2n) is 7.16. The van der Waals surface area contributed by atoms with Crippen molar-refractivity contribution in [3.05, 3.63) is 58.6 Å². The Kier molecular flexibility index (Phi) is 8.46. The van der Waals surface area contributed by atoms with Crippen LogP contribution < -0.4 is 16.1 Å². The number of fused-ring (bicyclic) bond motifs is 1. The number of carbonyl (C=O) groups excluding carboxylic acids is 2. The predicted octanol–water partition coefficient (Wildman–Crippen LogP) is 4.46. The van der Waals surface area contributed by atoms with Gasteiger partial charge in [0.05, 0.1) is 11.2 Å². The van der Waals surface area contributed by atoms with E-state index in [1.165, 1.54) is 12.4 Å². The Balaban J connectivity index is 1.57. The number of amides is 2. The molecule has 3 rings (SSSR count). The van der Waals surface area contributed by atoms with Crippen LogP contribution in [-0.4, -0.2) is 33.5 Å². The van der Waals surface area contributed by atoms with E-state index >= 15 is 0 Å². The van der Waals surface area contributed by atoms with Gasteiger partial charge in [-0.05, 0) is 49.2 Å². The smallest absolute Gasteiger partial charge is 0.251 e. The number of unbranched alkanes of at least 4 members (excludes halogenated alkanes) is 3. The molecule has 0 atom stereocenters. The SMILES string of the molecule is O=C(CCCCCCNC(=O)c1ccc2c(Nc3ccc(Br)cc3F)ncnc2c1)NO. The second kappa shape index (κ2) is 11.5. The van der Waals surface area contributed by atoms with Crippen molar-refractivity contribution in [2.45, 2.75) is 32.1 Å². The molecule has 0 saturated carbocycles. The Bertz CT molecular complexity index is 1110. The first kappa shape index (κ1) is 23.6. The lowest BCUT2D eigenvalue weighted by molar-refractivity contribution is -0.129. The fourth-order valence-corrected chi connectivity index (χ4v) is 3.47. The molecule has 1 aromatic heterocycles. The van der Waals surface area contributed by atoms with E-state index in [2.05, 4.69) is 36.5 Å². The van der Waals surface area contributed by atoms with E-state index < -0.39 is 11.7 Å². The van der Waals surface area contributed by atoms with Crippen LogP contribution in [-0.2, 0) is 4.79 Å². The van der Waals surface area contributed by atoms with Gasteiger partial charge in [0.15, 0.2) is 0 Å². The van der Waals surface area contributed by atoms with Gasteiger partial charge < -0.3 is 10.6 Å². The molecule has 2 amide bonds. The summed E-state index contributed by atoms with van der Waals surface area (Å²) in [5.41, 5.74) is 2.92. The van der Waals surface area contributed by atoms with Crippen LogP contribution in [0.2, 0.25) is 0 Å². The van der Waals surface area contributed by atoms with E-state index in [1.54, 1.807) is 35.8 Å². The highest BCUT2D eigenvalue weighted by molar-refractivity contribution is 9.10. The van der Waals surface area contributed by atoms with Crippen LogP contribution in [0.1, 0.15) is 42.5 Å². The molecule has 10 heteroatoms. The van der Waals surface area contributed by atoms with Crippen LogP contribution >= 0.6 is 15.9 Å².